The maximum Gasteiger partial charge on any atom is 0.416 e. The Bertz CT molecular complexity index is 1350. The third kappa shape index (κ3) is 7.04. The number of benzene rings is 2. The number of carbonyl (C=O) groups is 1. The van der Waals surface area contributed by atoms with Gasteiger partial charge in [0.2, 0.25) is 15.9 Å². The number of nitrogens with zero attached hydrogens (tertiary/aromatic N) is 2. The van der Waals surface area contributed by atoms with Gasteiger partial charge in [0.25, 0.3) is 0 Å². The van der Waals surface area contributed by atoms with Crippen molar-refractivity contribution in [1.82, 2.24) is 14.9 Å². The molecule has 1 atom stereocenters. The molecule has 1 aliphatic heterocycles. The molecule has 1 saturated carbocycles. The minimum Gasteiger partial charge on any atom is -0.355 e. The molecule has 210 valence electrons. The monoisotopic (exact) mass is 566 g/mol. The highest BCUT2D eigenvalue weighted by atomic mass is 32.2. The predicted octanol–water partition coefficient (Wildman–Crippen LogP) is 4.27. The van der Waals surface area contributed by atoms with Crippen molar-refractivity contribution in [2.45, 2.75) is 49.3 Å². The lowest BCUT2D eigenvalue weighted by atomic mass is 10.0. The molecule has 1 heterocycles. The first kappa shape index (κ1) is 28.8. The highest BCUT2D eigenvalue weighted by Crippen LogP contribution is 2.30. The third-order valence-electron chi connectivity index (χ3n) is 6.79. The van der Waals surface area contributed by atoms with Crippen molar-refractivity contribution < 1.29 is 30.8 Å². The van der Waals surface area contributed by atoms with E-state index in [4.69, 9.17) is 0 Å². The molecular formula is C27H30F4N4O3S. The predicted molar refractivity (Wildman–Crippen MR) is 139 cm³/mol. The van der Waals surface area contributed by atoms with Crippen LogP contribution in [0.15, 0.2) is 70.6 Å². The fraction of sp³-hybridized carbons (Fsp3) is 0.407. The summed E-state index contributed by atoms with van der Waals surface area (Å²) in [6.07, 6.45) is -2.18. The van der Waals surface area contributed by atoms with Crippen molar-refractivity contribution in [3.63, 3.8) is 0 Å². The average Bonchev–Trinajstić information content (AvgIpc) is 3.63. The summed E-state index contributed by atoms with van der Waals surface area (Å²) in [7, 11) is -4.14. The lowest BCUT2D eigenvalue weighted by Gasteiger charge is -2.25. The molecular weight excluding hydrogens is 536 g/mol. The van der Waals surface area contributed by atoms with E-state index >= 15 is 0 Å². The van der Waals surface area contributed by atoms with Crippen LogP contribution < -0.4 is 10.6 Å². The van der Waals surface area contributed by atoms with E-state index in [1.165, 1.54) is 12.1 Å². The highest BCUT2D eigenvalue weighted by molar-refractivity contribution is 7.89. The minimum absolute atomic E-state index is 0.0785. The Morgan fingerprint density at radius 1 is 1.15 bits per heavy atom. The van der Waals surface area contributed by atoms with Gasteiger partial charge in [0.05, 0.1) is 17.0 Å². The topological polar surface area (TPSA) is 90.9 Å². The summed E-state index contributed by atoms with van der Waals surface area (Å²) < 4.78 is 80.3. The van der Waals surface area contributed by atoms with Crippen molar-refractivity contribution in [2.24, 2.45) is 10.9 Å². The second-order valence-electron chi connectivity index (χ2n) is 10.1. The number of sulfonamides is 1. The average molecular weight is 567 g/mol. The molecule has 0 aromatic heterocycles. The number of nitrogens with one attached hydrogen (secondary N) is 2. The van der Waals surface area contributed by atoms with Gasteiger partial charge in [-0.2, -0.15) is 17.5 Å². The smallest absolute Gasteiger partial charge is 0.355 e. The van der Waals surface area contributed by atoms with Gasteiger partial charge in [0.1, 0.15) is 17.2 Å². The maximum absolute atomic E-state index is 13.4. The number of carbonyl (C=O) groups excluding carboxylic acids is 1. The Morgan fingerprint density at radius 2 is 1.79 bits per heavy atom. The molecule has 2 aromatic rings. The van der Waals surface area contributed by atoms with Gasteiger partial charge in [-0.25, -0.2) is 12.8 Å². The fourth-order valence-corrected chi connectivity index (χ4v) is 5.51. The zero-order chi connectivity index (χ0) is 28.4. The molecule has 1 aliphatic carbocycles. The summed E-state index contributed by atoms with van der Waals surface area (Å²) in [5.41, 5.74) is -0.981. The fourth-order valence-electron chi connectivity index (χ4n) is 4.08. The second-order valence-corrected chi connectivity index (χ2v) is 12.1. The lowest BCUT2D eigenvalue weighted by Crippen LogP contribution is -2.55. The highest BCUT2D eigenvalue weighted by Gasteiger charge is 2.39. The van der Waals surface area contributed by atoms with E-state index in [0.29, 0.717) is 29.4 Å². The van der Waals surface area contributed by atoms with Crippen LogP contribution in [-0.2, 0) is 27.5 Å². The van der Waals surface area contributed by atoms with Gasteiger partial charge < -0.3 is 10.6 Å². The van der Waals surface area contributed by atoms with Crippen LogP contribution in [0.1, 0.15) is 37.3 Å². The van der Waals surface area contributed by atoms with Crippen LogP contribution in [0.25, 0.3) is 0 Å². The summed E-state index contributed by atoms with van der Waals surface area (Å²) >= 11 is 0. The molecule has 7 nitrogen and oxygen atoms in total. The number of amidine groups is 1. The first-order chi connectivity index (χ1) is 18.3. The lowest BCUT2D eigenvalue weighted by molar-refractivity contribution is -0.137. The van der Waals surface area contributed by atoms with Gasteiger partial charge in [-0.15, -0.1) is 0 Å². The number of hydrogen-bond acceptors (Lipinski definition) is 5. The molecule has 4 rings (SSSR count). The molecule has 0 unspecified atom stereocenters. The Labute approximate surface area is 225 Å². The van der Waals surface area contributed by atoms with Crippen LogP contribution >= 0.6 is 0 Å². The third-order valence-corrected chi connectivity index (χ3v) is 8.65. The minimum atomic E-state index is -4.52. The molecule has 39 heavy (non-hydrogen) atoms. The number of alkyl halides is 3. The molecule has 0 saturated heterocycles. The molecule has 1 fully saturated rings. The zero-order valence-electron chi connectivity index (χ0n) is 21.4. The molecule has 1 amide bonds. The SMILES string of the molecule is C=C(CCN(Cc1ccc(C(F)(F)F)cc1)S(=O)(=O)c1ccc(F)cc1)C1=NC[C@](C)(C(=O)NCC2CC2)N1. The quantitative estimate of drug-likeness (QED) is 0.398. The van der Waals surface area contributed by atoms with Crippen molar-refractivity contribution >= 4 is 21.8 Å². The van der Waals surface area contributed by atoms with Crippen molar-refractivity contribution in [3.8, 4) is 0 Å². The molecule has 2 N–H and O–H groups in total. The number of amides is 1. The van der Waals surface area contributed by atoms with E-state index in [9.17, 15) is 30.8 Å². The van der Waals surface area contributed by atoms with E-state index in [1.807, 2.05) is 0 Å². The summed E-state index contributed by atoms with van der Waals surface area (Å²) in [5.74, 6) is 0.135. The standard InChI is InChI=1S/C27H30F4N4O3S/c1-18(24-33-17-26(2,34-24)25(36)32-15-19-3-4-19)13-14-35(39(37,38)23-11-9-22(28)10-12-23)16-20-5-7-21(8-6-20)27(29,30)31/h5-12,19H,1,3-4,13-17H2,2H3,(H,32,36)(H,33,34)/t26-/m1/s1. The van der Waals surface area contributed by atoms with Crippen LogP contribution in [0, 0.1) is 11.7 Å². The van der Waals surface area contributed by atoms with Crippen LogP contribution in [0.5, 0.6) is 0 Å². The van der Waals surface area contributed by atoms with E-state index in [-0.39, 0.29) is 36.9 Å². The van der Waals surface area contributed by atoms with Gasteiger partial charge in [0, 0.05) is 19.6 Å². The van der Waals surface area contributed by atoms with Crippen LogP contribution in [0.2, 0.25) is 0 Å². The number of halogens is 4. The van der Waals surface area contributed by atoms with Crippen molar-refractivity contribution in [1.29, 1.82) is 0 Å². The molecule has 0 bridgehead atoms. The Morgan fingerprint density at radius 3 is 2.38 bits per heavy atom. The van der Waals surface area contributed by atoms with Gasteiger partial charge in [-0.1, -0.05) is 18.7 Å². The molecule has 2 aliphatic rings. The molecule has 2 aromatic carbocycles. The van der Waals surface area contributed by atoms with E-state index < -0.39 is 33.1 Å². The molecule has 0 spiro atoms. The van der Waals surface area contributed by atoms with Crippen LogP contribution in [-0.4, -0.2) is 49.6 Å². The van der Waals surface area contributed by atoms with Gasteiger partial charge in [0.15, 0.2) is 0 Å². The summed E-state index contributed by atoms with van der Waals surface area (Å²) in [4.78, 5) is 16.9. The number of rotatable bonds is 11. The van der Waals surface area contributed by atoms with Crippen molar-refractivity contribution in [2.75, 3.05) is 19.6 Å². The maximum atomic E-state index is 13.4. The Hall–Kier alpha value is -3.25. The Kier molecular flexibility index (Phi) is 8.17. The Balaban J connectivity index is 1.46. The molecule has 12 heteroatoms. The van der Waals surface area contributed by atoms with E-state index in [2.05, 4.69) is 22.2 Å². The van der Waals surface area contributed by atoms with Gasteiger partial charge in [-0.05, 0) is 79.6 Å². The van der Waals surface area contributed by atoms with Crippen LogP contribution in [0.4, 0.5) is 17.6 Å². The number of hydrogen-bond donors (Lipinski definition) is 2. The van der Waals surface area contributed by atoms with Crippen molar-refractivity contribution in [3.05, 3.63) is 77.6 Å². The van der Waals surface area contributed by atoms with Gasteiger partial charge >= 0.3 is 6.18 Å². The van der Waals surface area contributed by atoms with Crippen LogP contribution in [0.3, 0.4) is 0 Å². The van der Waals surface area contributed by atoms with E-state index in [0.717, 1.165) is 53.5 Å². The normalized spacial score (nSPS) is 19.5. The largest absolute Gasteiger partial charge is 0.416 e. The summed E-state index contributed by atoms with van der Waals surface area (Å²) in [5, 5.41) is 6.03. The molecule has 0 radical (unpaired) electrons. The zero-order valence-corrected chi connectivity index (χ0v) is 22.2. The van der Waals surface area contributed by atoms with Gasteiger partial charge in [-0.3, -0.25) is 9.79 Å². The first-order valence-electron chi connectivity index (χ1n) is 12.5. The summed E-state index contributed by atoms with van der Waals surface area (Å²) in [6, 6.07) is 8.54. The van der Waals surface area contributed by atoms with E-state index in [1.54, 1.807) is 6.92 Å². The second kappa shape index (κ2) is 11.1. The summed E-state index contributed by atoms with van der Waals surface area (Å²) in [6.45, 7) is 6.26. The first-order valence-corrected chi connectivity index (χ1v) is 13.9. The number of aliphatic imine (C=N–C) groups is 1.